The fourth-order valence-corrected chi connectivity index (χ4v) is 3.24. The van der Waals surface area contributed by atoms with Gasteiger partial charge in [-0.1, -0.05) is 12.1 Å². The number of likely N-dealkylation sites (N-methyl/N-ethyl adjacent to an activating group) is 1. The Balaban J connectivity index is 1.41. The number of anilines is 5. The van der Waals surface area contributed by atoms with Crippen LogP contribution in [0.15, 0.2) is 54.7 Å². The van der Waals surface area contributed by atoms with Crippen LogP contribution in [0.4, 0.5) is 28.8 Å². The Hall–Kier alpha value is -3.19. The van der Waals surface area contributed by atoms with E-state index in [1.807, 2.05) is 12.1 Å². The van der Waals surface area contributed by atoms with Crippen LogP contribution in [0.3, 0.4) is 0 Å². The molecule has 0 saturated carbocycles. The van der Waals surface area contributed by atoms with Gasteiger partial charge in [-0.05, 0) is 55.9 Å². The molecule has 1 aromatic heterocycles. The van der Waals surface area contributed by atoms with Crippen molar-refractivity contribution in [1.29, 1.82) is 0 Å². The van der Waals surface area contributed by atoms with Gasteiger partial charge < -0.3 is 20.4 Å². The number of nitrogens with zero attached hydrogens (tertiary/aromatic N) is 5. The van der Waals surface area contributed by atoms with Crippen molar-refractivity contribution in [3.05, 3.63) is 60.3 Å². The fourth-order valence-electron chi connectivity index (χ4n) is 3.24. The molecule has 2 N–H and O–H groups in total. The number of hydrogen-bond acceptors (Lipinski definition) is 7. The molecule has 2 aromatic carbocycles. The van der Waals surface area contributed by atoms with Crippen LogP contribution in [-0.4, -0.2) is 53.3 Å². The SMILES string of the molecule is Cc1cccc(Nc2cnnc(Nc3ccc(N4CCN(C)CC4)cc3)n2)c1. The van der Waals surface area contributed by atoms with E-state index in [1.54, 1.807) is 6.20 Å². The molecule has 0 aliphatic carbocycles. The minimum atomic E-state index is 0.463. The quantitative estimate of drug-likeness (QED) is 0.708. The fraction of sp³-hybridized carbons (Fsp3) is 0.286. The molecule has 0 amide bonds. The first-order chi connectivity index (χ1) is 13.7. The van der Waals surface area contributed by atoms with Gasteiger partial charge in [0.2, 0.25) is 5.95 Å². The standard InChI is InChI=1S/C21H25N7/c1-16-4-3-5-18(14-16)23-20-15-22-26-21(25-20)24-17-6-8-19(9-7-17)28-12-10-27(2)11-13-28/h3-9,14-15H,10-13H2,1-2H3,(H2,23,24,25,26). The van der Waals surface area contributed by atoms with Crippen molar-refractivity contribution < 1.29 is 0 Å². The van der Waals surface area contributed by atoms with Gasteiger partial charge >= 0.3 is 0 Å². The van der Waals surface area contributed by atoms with Gasteiger partial charge in [0, 0.05) is 43.2 Å². The van der Waals surface area contributed by atoms with Gasteiger partial charge in [-0.3, -0.25) is 0 Å². The summed E-state index contributed by atoms with van der Waals surface area (Å²) in [5.41, 5.74) is 4.34. The van der Waals surface area contributed by atoms with Crippen LogP contribution in [-0.2, 0) is 0 Å². The molecule has 0 unspecified atom stereocenters. The smallest absolute Gasteiger partial charge is 0.249 e. The first-order valence-corrected chi connectivity index (χ1v) is 9.50. The molecule has 0 atom stereocenters. The lowest BCUT2D eigenvalue weighted by Gasteiger charge is -2.34. The van der Waals surface area contributed by atoms with Crippen molar-refractivity contribution in [1.82, 2.24) is 20.1 Å². The summed E-state index contributed by atoms with van der Waals surface area (Å²) in [4.78, 5) is 9.27. The molecule has 28 heavy (non-hydrogen) atoms. The Bertz CT molecular complexity index is 918. The lowest BCUT2D eigenvalue weighted by Crippen LogP contribution is -2.44. The van der Waals surface area contributed by atoms with E-state index < -0.39 is 0 Å². The second kappa shape index (κ2) is 8.22. The molecule has 0 radical (unpaired) electrons. The number of aryl methyl sites for hydroxylation is 1. The maximum atomic E-state index is 4.50. The molecule has 1 saturated heterocycles. The van der Waals surface area contributed by atoms with Crippen molar-refractivity contribution >= 4 is 28.8 Å². The highest BCUT2D eigenvalue weighted by molar-refractivity contribution is 5.61. The van der Waals surface area contributed by atoms with E-state index in [0.717, 1.165) is 37.6 Å². The van der Waals surface area contributed by atoms with Crippen molar-refractivity contribution in [2.45, 2.75) is 6.92 Å². The highest BCUT2D eigenvalue weighted by atomic mass is 15.3. The van der Waals surface area contributed by atoms with Gasteiger partial charge in [-0.2, -0.15) is 10.1 Å². The molecule has 7 heteroatoms. The van der Waals surface area contributed by atoms with Crippen molar-refractivity contribution in [3.8, 4) is 0 Å². The van der Waals surface area contributed by atoms with Gasteiger partial charge in [0.05, 0.1) is 6.20 Å². The van der Waals surface area contributed by atoms with Crippen LogP contribution >= 0.6 is 0 Å². The maximum absolute atomic E-state index is 4.50. The van der Waals surface area contributed by atoms with Crippen LogP contribution in [0, 0.1) is 6.92 Å². The number of rotatable bonds is 5. The van der Waals surface area contributed by atoms with E-state index in [2.05, 4.69) is 86.0 Å². The Labute approximate surface area is 165 Å². The van der Waals surface area contributed by atoms with E-state index >= 15 is 0 Å². The first-order valence-electron chi connectivity index (χ1n) is 9.50. The number of aromatic nitrogens is 3. The molecule has 7 nitrogen and oxygen atoms in total. The predicted molar refractivity (Wildman–Crippen MR) is 114 cm³/mol. The van der Waals surface area contributed by atoms with Crippen LogP contribution in [0.1, 0.15) is 5.56 Å². The Morgan fingerprint density at radius 2 is 1.68 bits per heavy atom. The lowest BCUT2D eigenvalue weighted by molar-refractivity contribution is 0.313. The molecule has 0 bridgehead atoms. The molecule has 144 valence electrons. The first kappa shape index (κ1) is 18.2. The summed E-state index contributed by atoms with van der Waals surface area (Å²) in [6.07, 6.45) is 1.62. The van der Waals surface area contributed by atoms with Crippen LogP contribution < -0.4 is 15.5 Å². The van der Waals surface area contributed by atoms with E-state index in [4.69, 9.17) is 0 Å². The van der Waals surface area contributed by atoms with Gasteiger partial charge in [-0.25, -0.2) is 0 Å². The molecule has 4 rings (SSSR count). The highest BCUT2D eigenvalue weighted by Gasteiger charge is 2.14. The minimum absolute atomic E-state index is 0.463. The molecule has 2 heterocycles. The normalized spacial score (nSPS) is 14.7. The van der Waals surface area contributed by atoms with E-state index in [0.29, 0.717) is 11.8 Å². The van der Waals surface area contributed by atoms with Crippen LogP contribution in [0.5, 0.6) is 0 Å². The van der Waals surface area contributed by atoms with E-state index in [1.165, 1.54) is 11.3 Å². The third kappa shape index (κ3) is 4.55. The number of benzene rings is 2. The largest absolute Gasteiger partial charge is 0.369 e. The van der Waals surface area contributed by atoms with E-state index in [9.17, 15) is 0 Å². The van der Waals surface area contributed by atoms with Crippen molar-refractivity contribution in [2.24, 2.45) is 0 Å². The summed E-state index contributed by atoms with van der Waals surface area (Å²) in [5, 5.41) is 14.6. The summed E-state index contributed by atoms with van der Waals surface area (Å²) in [7, 11) is 2.17. The van der Waals surface area contributed by atoms with Gasteiger partial charge in [-0.15, -0.1) is 5.10 Å². The third-order valence-electron chi connectivity index (χ3n) is 4.84. The predicted octanol–water partition coefficient (Wildman–Crippen LogP) is 3.42. The summed E-state index contributed by atoms with van der Waals surface area (Å²) >= 11 is 0. The zero-order chi connectivity index (χ0) is 19.3. The molecule has 1 aliphatic rings. The monoisotopic (exact) mass is 375 g/mol. The number of piperazine rings is 1. The molecular weight excluding hydrogens is 350 g/mol. The van der Waals surface area contributed by atoms with Crippen LogP contribution in [0.25, 0.3) is 0 Å². The Morgan fingerprint density at radius 3 is 2.43 bits per heavy atom. The number of hydrogen-bond donors (Lipinski definition) is 2. The summed E-state index contributed by atoms with van der Waals surface area (Å²) in [6, 6.07) is 16.5. The van der Waals surface area contributed by atoms with Gasteiger partial charge in [0.15, 0.2) is 5.82 Å². The second-order valence-corrected chi connectivity index (χ2v) is 7.12. The average Bonchev–Trinajstić information content (AvgIpc) is 2.70. The molecule has 1 aliphatic heterocycles. The third-order valence-corrected chi connectivity index (χ3v) is 4.84. The molecular formula is C21H25N7. The summed E-state index contributed by atoms with van der Waals surface area (Å²) in [5.74, 6) is 1.11. The topological polar surface area (TPSA) is 69.2 Å². The Kier molecular flexibility index (Phi) is 5.34. The zero-order valence-electron chi connectivity index (χ0n) is 16.3. The van der Waals surface area contributed by atoms with Crippen molar-refractivity contribution in [3.63, 3.8) is 0 Å². The minimum Gasteiger partial charge on any atom is -0.369 e. The molecule has 3 aromatic rings. The molecule has 0 spiro atoms. The average molecular weight is 375 g/mol. The van der Waals surface area contributed by atoms with Crippen LogP contribution in [0.2, 0.25) is 0 Å². The zero-order valence-corrected chi connectivity index (χ0v) is 16.3. The maximum Gasteiger partial charge on any atom is 0.249 e. The Morgan fingerprint density at radius 1 is 0.893 bits per heavy atom. The summed E-state index contributed by atoms with van der Waals surface area (Å²) < 4.78 is 0. The second-order valence-electron chi connectivity index (χ2n) is 7.12. The molecule has 1 fully saturated rings. The number of nitrogens with one attached hydrogen (secondary N) is 2. The van der Waals surface area contributed by atoms with Gasteiger partial charge in [0.25, 0.3) is 0 Å². The van der Waals surface area contributed by atoms with Gasteiger partial charge in [0.1, 0.15) is 0 Å². The van der Waals surface area contributed by atoms with Crippen molar-refractivity contribution in [2.75, 3.05) is 48.8 Å². The van der Waals surface area contributed by atoms with E-state index in [-0.39, 0.29) is 0 Å². The highest BCUT2D eigenvalue weighted by Crippen LogP contribution is 2.21. The summed E-state index contributed by atoms with van der Waals surface area (Å²) in [6.45, 7) is 6.37. The lowest BCUT2D eigenvalue weighted by atomic mass is 10.2.